The Balaban J connectivity index is 2.07. The summed E-state index contributed by atoms with van der Waals surface area (Å²) >= 11 is 0. The van der Waals surface area contributed by atoms with Crippen LogP contribution < -0.4 is 4.74 Å². The van der Waals surface area contributed by atoms with E-state index in [-0.39, 0.29) is 16.9 Å². The van der Waals surface area contributed by atoms with E-state index in [2.05, 4.69) is 0 Å². The van der Waals surface area contributed by atoms with E-state index in [9.17, 15) is 23.5 Å². The molecule has 4 nitrogen and oxygen atoms in total. The van der Waals surface area contributed by atoms with E-state index in [0.717, 1.165) is 24.3 Å². The van der Waals surface area contributed by atoms with Crippen LogP contribution in [-0.4, -0.2) is 16.9 Å². The number of benzene rings is 3. The predicted octanol–water partition coefficient (Wildman–Crippen LogP) is 4.69. The molecule has 0 amide bonds. The smallest absolute Gasteiger partial charge is 0.339 e. The molecule has 3 aromatic carbocycles. The van der Waals surface area contributed by atoms with Crippen molar-refractivity contribution in [3.63, 3.8) is 0 Å². The van der Waals surface area contributed by atoms with Crippen LogP contribution in [0.3, 0.4) is 0 Å². The molecule has 0 spiro atoms. The van der Waals surface area contributed by atoms with E-state index in [1.54, 1.807) is 18.2 Å². The van der Waals surface area contributed by atoms with Crippen LogP contribution in [0.1, 0.15) is 26.3 Å². The lowest BCUT2D eigenvalue weighted by Crippen LogP contribution is -2.09. The van der Waals surface area contributed by atoms with Gasteiger partial charge in [-0.1, -0.05) is 18.2 Å². The maximum Gasteiger partial charge on any atom is 0.339 e. The van der Waals surface area contributed by atoms with Crippen LogP contribution in [0.5, 0.6) is 11.5 Å². The van der Waals surface area contributed by atoms with Gasteiger partial charge in [0, 0.05) is 5.56 Å². The van der Waals surface area contributed by atoms with Crippen molar-refractivity contribution in [2.45, 2.75) is 0 Å². The Morgan fingerprint density at radius 2 is 1.42 bits per heavy atom. The molecule has 130 valence electrons. The van der Waals surface area contributed by atoms with Gasteiger partial charge < -0.3 is 9.84 Å². The summed E-state index contributed by atoms with van der Waals surface area (Å²) in [5.41, 5.74) is -0.714. The molecule has 0 radical (unpaired) electrons. The second-order valence-electron chi connectivity index (χ2n) is 5.36. The molecule has 0 aliphatic rings. The number of carbonyl (C=O) groups excluding carboxylic acids is 1. The fourth-order valence-corrected chi connectivity index (χ4v) is 2.36. The number of rotatable bonds is 5. The Bertz CT molecular complexity index is 967. The number of carboxylic acids is 1. The molecule has 0 fully saturated rings. The standard InChI is InChI=1S/C20H12F2O4/c21-13-8-6-12(7-9-13)18(23)15-10-11-16(20(24)25)19(17(15)22)26-14-4-2-1-3-5-14/h1-11H,(H,24,25). The van der Waals surface area contributed by atoms with Crippen molar-refractivity contribution >= 4 is 11.8 Å². The minimum Gasteiger partial charge on any atom is -0.478 e. The molecule has 6 heteroatoms. The molecule has 3 aromatic rings. The van der Waals surface area contributed by atoms with Gasteiger partial charge in [-0.2, -0.15) is 0 Å². The van der Waals surface area contributed by atoms with Crippen LogP contribution in [-0.2, 0) is 0 Å². The van der Waals surface area contributed by atoms with Crippen LogP contribution in [0.2, 0.25) is 0 Å². The summed E-state index contributed by atoms with van der Waals surface area (Å²) in [5, 5.41) is 9.27. The first-order valence-electron chi connectivity index (χ1n) is 7.56. The van der Waals surface area contributed by atoms with Crippen molar-refractivity contribution in [2.75, 3.05) is 0 Å². The minimum absolute atomic E-state index is 0.0686. The van der Waals surface area contributed by atoms with Gasteiger partial charge in [-0.3, -0.25) is 4.79 Å². The van der Waals surface area contributed by atoms with Gasteiger partial charge in [0.1, 0.15) is 17.1 Å². The highest BCUT2D eigenvalue weighted by Gasteiger charge is 2.24. The summed E-state index contributed by atoms with van der Waals surface area (Å²) in [7, 11) is 0. The average molecular weight is 354 g/mol. The molecule has 0 aromatic heterocycles. The van der Waals surface area contributed by atoms with Crippen LogP contribution >= 0.6 is 0 Å². The molecule has 0 bridgehead atoms. The Hall–Kier alpha value is -3.54. The SMILES string of the molecule is O=C(c1ccc(F)cc1)c1ccc(C(=O)O)c(Oc2ccccc2)c1F. The lowest BCUT2D eigenvalue weighted by Gasteiger charge is -2.12. The lowest BCUT2D eigenvalue weighted by atomic mass is 10.0. The van der Waals surface area contributed by atoms with Crippen molar-refractivity contribution in [1.29, 1.82) is 0 Å². The fourth-order valence-electron chi connectivity index (χ4n) is 2.36. The van der Waals surface area contributed by atoms with Crippen LogP contribution in [0.4, 0.5) is 8.78 Å². The second-order valence-corrected chi connectivity index (χ2v) is 5.36. The number of para-hydroxylation sites is 1. The molecule has 3 rings (SSSR count). The average Bonchev–Trinajstić information content (AvgIpc) is 2.64. The molecule has 0 aliphatic carbocycles. The second kappa shape index (κ2) is 7.14. The van der Waals surface area contributed by atoms with Crippen LogP contribution in [0.25, 0.3) is 0 Å². The highest BCUT2D eigenvalue weighted by Crippen LogP contribution is 2.31. The number of hydrogen-bond acceptors (Lipinski definition) is 3. The summed E-state index contributed by atoms with van der Waals surface area (Å²) in [6.07, 6.45) is 0. The van der Waals surface area contributed by atoms with Gasteiger partial charge in [-0.05, 0) is 48.5 Å². The lowest BCUT2D eigenvalue weighted by molar-refractivity contribution is 0.0692. The van der Waals surface area contributed by atoms with Gasteiger partial charge >= 0.3 is 5.97 Å². The summed E-state index contributed by atoms with van der Waals surface area (Å²) in [6.45, 7) is 0. The Kier molecular flexibility index (Phi) is 4.75. The van der Waals surface area contributed by atoms with Crippen LogP contribution in [0, 0.1) is 11.6 Å². The third-order valence-corrected chi connectivity index (χ3v) is 3.64. The van der Waals surface area contributed by atoms with Gasteiger partial charge in [0.25, 0.3) is 0 Å². The maximum absolute atomic E-state index is 14.9. The van der Waals surface area contributed by atoms with Crippen molar-refractivity contribution in [3.8, 4) is 11.5 Å². The Morgan fingerprint density at radius 1 is 0.808 bits per heavy atom. The molecule has 0 heterocycles. The molecule has 0 atom stereocenters. The van der Waals surface area contributed by atoms with E-state index in [4.69, 9.17) is 4.74 Å². The fraction of sp³-hybridized carbons (Fsp3) is 0. The number of ketones is 1. The molecule has 1 N–H and O–H groups in total. The Morgan fingerprint density at radius 3 is 2.04 bits per heavy atom. The number of aromatic carboxylic acids is 1. The zero-order valence-corrected chi connectivity index (χ0v) is 13.3. The molecule has 0 saturated carbocycles. The molecule has 26 heavy (non-hydrogen) atoms. The number of hydrogen-bond donors (Lipinski definition) is 1. The van der Waals surface area contributed by atoms with E-state index in [0.29, 0.717) is 0 Å². The largest absolute Gasteiger partial charge is 0.478 e. The molecular weight excluding hydrogens is 342 g/mol. The maximum atomic E-state index is 14.9. The van der Waals surface area contributed by atoms with E-state index >= 15 is 0 Å². The third-order valence-electron chi connectivity index (χ3n) is 3.64. The quantitative estimate of drug-likeness (QED) is 0.676. The normalized spacial score (nSPS) is 10.4. The third kappa shape index (κ3) is 3.44. The number of carbonyl (C=O) groups is 2. The topological polar surface area (TPSA) is 63.6 Å². The van der Waals surface area contributed by atoms with Gasteiger partial charge in [-0.15, -0.1) is 0 Å². The van der Waals surface area contributed by atoms with Crippen molar-refractivity contribution < 1.29 is 28.2 Å². The van der Waals surface area contributed by atoms with Gasteiger partial charge in [0.2, 0.25) is 0 Å². The summed E-state index contributed by atoms with van der Waals surface area (Å²) in [4.78, 5) is 23.9. The van der Waals surface area contributed by atoms with E-state index in [1.807, 2.05) is 0 Å². The van der Waals surface area contributed by atoms with Gasteiger partial charge in [0.05, 0.1) is 5.56 Å². The zero-order valence-electron chi connectivity index (χ0n) is 13.3. The highest BCUT2D eigenvalue weighted by atomic mass is 19.1. The van der Waals surface area contributed by atoms with Crippen molar-refractivity contribution in [3.05, 3.63) is 95.1 Å². The summed E-state index contributed by atoms with van der Waals surface area (Å²) in [5.74, 6) is -4.07. The molecule has 0 unspecified atom stereocenters. The summed E-state index contributed by atoms with van der Waals surface area (Å²) < 4.78 is 33.3. The monoisotopic (exact) mass is 354 g/mol. The predicted molar refractivity (Wildman–Crippen MR) is 89.7 cm³/mol. The van der Waals surface area contributed by atoms with Gasteiger partial charge in [-0.25, -0.2) is 13.6 Å². The first-order chi connectivity index (χ1) is 12.5. The van der Waals surface area contributed by atoms with Gasteiger partial charge in [0.15, 0.2) is 17.3 Å². The molecule has 0 saturated heterocycles. The highest BCUT2D eigenvalue weighted by molar-refractivity contribution is 6.10. The van der Waals surface area contributed by atoms with E-state index in [1.165, 1.54) is 24.3 Å². The number of ether oxygens (including phenoxy) is 1. The zero-order chi connectivity index (χ0) is 18.7. The van der Waals surface area contributed by atoms with E-state index < -0.39 is 34.7 Å². The minimum atomic E-state index is -1.39. The summed E-state index contributed by atoms with van der Waals surface area (Å²) in [6, 6.07) is 14.8. The first-order valence-corrected chi connectivity index (χ1v) is 7.56. The molecular formula is C20H12F2O4. The number of halogens is 2. The Labute approximate surface area is 147 Å². The number of carboxylic acid groups (broad SMARTS) is 1. The molecule has 0 aliphatic heterocycles. The van der Waals surface area contributed by atoms with Crippen LogP contribution in [0.15, 0.2) is 66.7 Å². The first kappa shape index (κ1) is 17.3. The van der Waals surface area contributed by atoms with Crippen molar-refractivity contribution in [1.82, 2.24) is 0 Å². The van der Waals surface area contributed by atoms with Crippen molar-refractivity contribution in [2.24, 2.45) is 0 Å².